The Labute approximate surface area is 152 Å². The van der Waals surface area contributed by atoms with Crippen LogP contribution in [0.4, 0.5) is 15.2 Å². The van der Waals surface area contributed by atoms with Crippen molar-refractivity contribution in [3.63, 3.8) is 0 Å². The van der Waals surface area contributed by atoms with E-state index in [9.17, 15) is 14.0 Å². The number of nitrogens with zero attached hydrogens (tertiary/aromatic N) is 3. The molecule has 1 aliphatic rings. The van der Waals surface area contributed by atoms with E-state index >= 15 is 0 Å². The van der Waals surface area contributed by atoms with Crippen LogP contribution in [0.3, 0.4) is 0 Å². The fraction of sp³-hybridized carbons (Fsp3) is 0.375. The number of rotatable bonds is 6. The Morgan fingerprint density at radius 3 is 2.80 bits per heavy atom. The Balaban J connectivity index is 1.55. The Morgan fingerprint density at radius 2 is 2.16 bits per heavy atom. The molecule has 3 rings (SSSR count). The first-order valence-electron chi connectivity index (χ1n) is 7.76. The summed E-state index contributed by atoms with van der Waals surface area (Å²) < 4.78 is 14.1. The standard InChI is InChI=1S/C16H17FN4O2S2/c1-9-3-4-11(7-13(9)17)18-14(23)8-24-16-20-19-15(25-16)21(10(2)22)12-5-6-12/h3-4,7,12H,5-6,8H2,1-2H3,(H,18,23). The Morgan fingerprint density at radius 1 is 1.40 bits per heavy atom. The first-order chi connectivity index (χ1) is 11.9. The third-order valence-electron chi connectivity index (χ3n) is 3.64. The van der Waals surface area contributed by atoms with Gasteiger partial charge in [0.1, 0.15) is 5.82 Å². The summed E-state index contributed by atoms with van der Waals surface area (Å²) in [5, 5.41) is 11.3. The van der Waals surface area contributed by atoms with Crippen molar-refractivity contribution in [3.8, 4) is 0 Å². The summed E-state index contributed by atoms with van der Waals surface area (Å²) in [6.45, 7) is 3.18. The molecule has 2 aromatic rings. The summed E-state index contributed by atoms with van der Waals surface area (Å²) in [6.07, 6.45) is 1.97. The topological polar surface area (TPSA) is 75.2 Å². The Hall–Kier alpha value is -2.00. The molecule has 0 aliphatic heterocycles. The largest absolute Gasteiger partial charge is 0.325 e. The lowest BCUT2D eigenvalue weighted by molar-refractivity contribution is -0.116. The first kappa shape index (κ1) is 17.8. The highest BCUT2D eigenvalue weighted by Crippen LogP contribution is 2.35. The second-order valence-corrected chi connectivity index (χ2v) is 7.95. The van der Waals surface area contributed by atoms with Gasteiger partial charge in [0.2, 0.25) is 16.9 Å². The van der Waals surface area contributed by atoms with Crippen molar-refractivity contribution in [2.45, 2.75) is 37.1 Å². The second kappa shape index (κ2) is 7.49. The average Bonchev–Trinajstić information content (AvgIpc) is 3.27. The van der Waals surface area contributed by atoms with E-state index in [4.69, 9.17) is 0 Å². The van der Waals surface area contributed by atoms with Crippen molar-refractivity contribution in [3.05, 3.63) is 29.6 Å². The zero-order chi connectivity index (χ0) is 18.0. The highest BCUT2D eigenvalue weighted by Gasteiger charge is 2.34. The number of hydrogen-bond acceptors (Lipinski definition) is 6. The van der Waals surface area contributed by atoms with E-state index in [1.807, 2.05) is 0 Å². The summed E-state index contributed by atoms with van der Waals surface area (Å²) in [5.41, 5.74) is 0.947. The molecule has 25 heavy (non-hydrogen) atoms. The third kappa shape index (κ3) is 4.55. The summed E-state index contributed by atoms with van der Waals surface area (Å²) >= 11 is 2.53. The van der Waals surface area contributed by atoms with E-state index in [1.54, 1.807) is 24.0 Å². The van der Waals surface area contributed by atoms with Crippen LogP contribution in [0.5, 0.6) is 0 Å². The molecule has 9 heteroatoms. The Kier molecular flexibility index (Phi) is 5.33. The van der Waals surface area contributed by atoms with E-state index in [2.05, 4.69) is 15.5 Å². The summed E-state index contributed by atoms with van der Waals surface area (Å²) in [6, 6.07) is 4.79. The first-order valence-corrected chi connectivity index (χ1v) is 9.56. The maximum atomic E-state index is 13.5. The fourth-order valence-corrected chi connectivity index (χ4v) is 3.99. The molecule has 1 heterocycles. The number of hydrogen-bond donors (Lipinski definition) is 1. The van der Waals surface area contributed by atoms with Crippen LogP contribution in [0, 0.1) is 12.7 Å². The van der Waals surface area contributed by atoms with Crippen molar-refractivity contribution in [2.24, 2.45) is 0 Å². The summed E-state index contributed by atoms with van der Waals surface area (Å²) in [5.74, 6) is -0.526. The predicted octanol–water partition coefficient (Wildman–Crippen LogP) is 3.23. The number of anilines is 2. The third-order valence-corrected chi connectivity index (χ3v) is 5.69. The minimum Gasteiger partial charge on any atom is -0.325 e. The van der Waals surface area contributed by atoms with Gasteiger partial charge in [-0.2, -0.15) is 0 Å². The smallest absolute Gasteiger partial charge is 0.234 e. The molecule has 1 aromatic heterocycles. The van der Waals surface area contributed by atoms with Gasteiger partial charge in [-0.3, -0.25) is 14.5 Å². The molecule has 2 amide bonds. The molecular weight excluding hydrogens is 363 g/mol. The number of aryl methyl sites for hydroxylation is 1. The van der Waals surface area contributed by atoms with Crippen LogP contribution in [-0.4, -0.2) is 33.8 Å². The van der Waals surface area contributed by atoms with Crippen LogP contribution in [-0.2, 0) is 9.59 Å². The van der Waals surface area contributed by atoms with Crippen molar-refractivity contribution in [1.29, 1.82) is 0 Å². The highest BCUT2D eigenvalue weighted by molar-refractivity contribution is 8.01. The molecule has 1 aromatic carbocycles. The van der Waals surface area contributed by atoms with Crippen LogP contribution in [0.2, 0.25) is 0 Å². The lowest BCUT2D eigenvalue weighted by Gasteiger charge is -2.15. The van der Waals surface area contributed by atoms with E-state index in [0.717, 1.165) is 12.8 Å². The van der Waals surface area contributed by atoms with Gasteiger partial charge in [0, 0.05) is 18.7 Å². The molecule has 0 unspecified atom stereocenters. The van der Waals surface area contributed by atoms with Gasteiger partial charge in [0.25, 0.3) is 0 Å². The van der Waals surface area contributed by atoms with E-state index < -0.39 is 0 Å². The number of amides is 2. The number of nitrogens with one attached hydrogen (secondary N) is 1. The monoisotopic (exact) mass is 380 g/mol. The molecule has 1 saturated carbocycles. The normalized spacial score (nSPS) is 13.6. The van der Waals surface area contributed by atoms with E-state index in [-0.39, 0.29) is 29.4 Å². The molecule has 132 valence electrons. The van der Waals surface area contributed by atoms with Gasteiger partial charge in [-0.1, -0.05) is 29.2 Å². The lowest BCUT2D eigenvalue weighted by Crippen LogP contribution is -2.30. The van der Waals surface area contributed by atoms with Crippen molar-refractivity contribution >= 4 is 45.7 Å². The second-order valence-electron chi connectivity index (χ2n) is 5.77. The molecule has 0 radical (unpaired) electrons. The predicted molar refractivity (Wildman–Crippen MR) is 96.6 cm³/mol. The number of carbonyl (C=O) groups is 2. The van der Waals surface area contributed by atoms with Gasteiger partial charge in [-0.05, 0) is 37.5 Å². The van der Waals surface area contributed by atoms with Crippen LogP contribution < -0.4 is 10.2 Å². The molecule has 1 fully saturated rings. The van der Waals surface area contributed by atoms with Gasteiger partial charge < -0.3 is 5.32 Å². The molecule has 0 saturated heterocycles. The zero-order valence-electron chi connectivity index (χ0n) is 13.8. The summed E-state index contributed by atoms with van der Waals surface area (Å²) in [4.78, 5) is 25.4. The van der Waals surface area contributed by atoms with Crippen LogP contribution in [0.15, 0.2) is 22.5 Å². The van der Waals surface area contributed by atoms with Gasteiger partial charge in [0.15, 0.2) is 4.34 Å². The van der Waals surface area contributed by atoms with Crippen molar-refractivity contribution in [2.75, 3.05) is 16.0 Å². The fourth-order valence-electron chi connectivity index (χ4n) is 2.23. The molecule has 1 N–H and O–H groups in total. The molecule has 6 nitrogen and oxygen atoms in total. The zero-order valence-corrected chi connectivity index (χ0v) is 15.4. The molecule has 0 atom stereocenters. The minimum absolute atomic E-state index is 0.0469. The minimum atomic E-state index is -0.358. The van der Waals surface area contributed by atoms with Crippen molar-refractivity contribution in [1.82, 2.24) is 10.2 Å². The SMILES string of the molecule is CC(=O)N(c1nnc(SCC(=O)Nc2ccc(C)c(F)c2)s1)C1CC1. The summed E-state index contributed by atoms with van der Waals surface area (Å²) in [7, 11) is 0. The maximum Gasteiger partial charge on any atom is 0.234 e. The molecular formula is C16H17FN4O2S2. The number of benzene rings is 1. The molecule has 0 bridgehead atoms. The van der Waals surface area contributed by atoms with E-state index in [1.165, 1.54) is 36.1 Å². The van der Waals surface area contributed by atoms with Crippen LogP contribution in [0.25, 0.3) is 0 Å². The number of aromatic nitrogens is 2. The number of carbonyl (C=O) groups excluding carboxylic acids is 2. The van der Waals surface area contributed by atoms with Gasteiger partial charge in [0.05, 0.1) is 5.75 Å². The van der Waals surface area contributed by atoms with Gasteiger partial charge in [-0.15, -0.1) is 10.2 Å². The van der Waals surface area contributed by atoms with Crippen LogP contribution >= 0.6 is 23.1 Å². The number of thioether (sulfide) groups is 1. The van der Waals surface area contributed by atoms with E-state index in [0.29, 0.717) is 20.7 Å². The maximum absolute atomic E-state index is 13.5. The van der Waals surface area contributed by atoms with Gasteiger partial charge in [-0.25, -0.2) is 4.39 Å². The molecule has 1 aliphatic carbocycles. The Bertz CT molecular complexity index is 807. The number of halogens is 1. The lowest BCUT2D eigenvalue weighted by atomic mass is 10.2. The molecule has 0 spiro atoms. The quantitative estimate of drug-likeness (QED) is 0.615. The average molecular weight is 380 g/mol. The van der Waals surface area contributed by atoms with Crippen LogP contribution in [0.1, 0.15) is 25.3 Å². The van der Waals surface area contributed by atoms with Gasteiger partial charge >= 0.3 is 0 Å². The van der Waals surface area contributed by atoms with Crippen molar-refractivity contribution < 1.29 is 14.0 Å². The highest BCUT2D eigenvalue weighted by atomic mass is 32.2.